The summed E-state index contributed by atoms with van der Waals surface area (Å²) in [5, 5.41) is 0. The zero-order valence-corrected chi connectivity index (χ0v) is 16.8. The van der Waals surface area contributed by atoms with E-state index in [1.54, 1.807) is 0 Å². The molecule has 7 heteroatoms. The monoisotopic (exact) mass is 383 g/mol. The SMILES string of the molecule is CCN(CC)C(=O)C1Cn2ccnc2C2(CCN(Cc3ccccn3)CC2)O1. The van der Waals surface area contributed by atoms with Crippen LogP contribution in [0.15, 0.2) is 36.8 Å². The third-order valence-electron chi connectivity index (χ3n) is 5.98. The molecule has 1 amide bonds. The molecule has 1 unspecified atom stereocenters. The molecule has 1 fully saturated rings. The van der Waals surface area contributed by atoms with Gasteiger partial charge in [-0.25, -0.2) is 4.98 Å². The Kier molecular flexibility index (Phi) is 5.46. The molecule has 1 atom stereocenters. The Morgan fingerprint density at radius 1 is 1.21 bits per heavy atom. The summed E-state index contributed by atoms with van der Waals surface area (Å²) < 4.78 is 8.64. The van der Waals surface area contributed by atoms with Crippen LogP contribution in [0.5, 0.6) is 0 Å². The number of likely N-dealkylation sites (N-methyl/N-ethyl adjacent to an activating group) is 1. The second-order valence-corrected chi connectivity index (χ2v) is 7.61. The number of amides is 1. The Morgan fingerprint density at radius 3 is 2.68 bits per heavy atom. The number of rotatable bonds is 5. The molecule has 2 aliphatic heterocycles. The first-order valence-electron chi connectivity index (χ1n) is 10.3. The topological polar surface area (TPSA) is 63.5 Å². The number of carbonyl (C=O) groups is 1. The number of hydrogen-bond donors (Lipinski definition) is 0. The molecule has 0 bridgehead atoms. The Morgan fingerprint density at radius 2 is 2.00 bits per heavy atom. The molecule has 0 N–H and O–H groups in total. The summed E-state index contributed by atoms with van der Waals surface area (Å²) in [6.07, 6.45) is 6.86. The quantitative estimate of drug-likeness (QED) is 0.791. The maximum atomic E-state index is 13.0. The van der Waals surface area contributed by atoms with Crippen molar-refractivity contribution in [1.82, 2.24) is 24.3 Å². The molecule has 2 aliphatic rings. The summed E-state index contributed by atoms with van der Waals surface area (Å²) in [5.41, 5.74) is 0.606. The van der Waals surface area contributed by atoms with Crippen molar-refractivity contribution in [2.75, 3.05) is 26.2 Å². The van der Waals surface area contributed by atoms with Crippen LogP contribution in [0, 0.1) is 0 Å². The number of carbonyl (C=O) groups excluding carboxylic acids is 1. The number of piperidine rings is 1. The highest BCUT2D eigenvalue weighted by Crippen LogP contribution is 2.40. The molecule has 0 radical (unpaired) electrons. The first-order chi connectivity index (χ1) is 13.6. The zero-order chi connectivity index (χ0) is 19.6. The predicted molar refractivity (Wildman–Crippen MR) is 105 cm³/mol. The number of aromatic nitrogens is 3. The lowest BCUT2D eigenvalue weighted by molar-refractivity contribution is -0.181. The Balaban J connectivity index is 1.50. The molecular weight excluding hydrogens is 354 g/mol. The Labute approximate surface area is 166 Å². The fourth-order valence-electron chi connectivity index (χ4n) is 4.40. The van der Waals surface area contributed by atoms with Crippen LogP contribution in [0.25, 0.3) is 0 Å². The van der Waals surface area contributed by atoms with E-state index in [2.05, 4.69) is 25.5 Å². The van der Waals surface area contributed by atoms with Crippen LogP contribution >= 0.6 is 0 Å². The standard InChI is InChI=1S/C21H29N5O2/c1-3-25(4-2)19(27)18-16-26-14-11-23-20(26)21(28-18)8-12-24(13-9-21)15-17-7-5-6-10-22-17/h5-7,10-11,14,18H,3-4,8-9,12-13,15-16H2,1-2H3. The van der Waals surface area contributed by atoms with Crippen LogP contribution in [0.3, 0.4) is 0 Å². The third kappa shape index (κ3) is 3.56. The van der Waals surface area contributed by atoms with Crippen molar-refractivity contribution in [3.63, 3.8) is 0 Å². The van der Waals surface area contributed by atoms with E-state index in [0.717, 1.165) is 44.0 Å². The molecule has 2 aromatic heterocycles. The van der Waals surface area contributed by atoms with Gasteiger partial charge in [-0.1, -0.05) is 6.07 Å². The van der Waals surface area contributed by atoms with Crippen molar-refractivity contribution < 1.29 is 9.53 Å². The van der Waals surface area contributed by atoms with Crippen LogP contribution in [0.4, 0.5) is 0 Å². The second kappa shape index (κ2) is 8.01. The fourth-order valence-corrected chi connectivity index (χ4v) is 4.40. The van der Waals surface area contributed by atoms with Gasteiger partial charge in [0.25, 0.3) is 5.91 Å². The van der Waals surface area contributed by atoms with Gasteiger partial charge in [0, 0.05) is 51.3 Å². The molecule has 0 aliphatic carbocycles. The minimum atomic E-state index is -0.476. The highest BCUT2D eigenvalue weighted by atomic mass is 16.5. The fraction of sp³-hybridized carbons (Fsp3) is 0.571. The number of pyridine rings is 1. The van der Waals surface area contributed by atoms with E-state index in [0.29, 0.717) is 19.6 Å². The summed E-state index contributed by atoms with van der Waals surface area (Å²) in [6, 6.07) is 6.03. The number of imidazole rings is 1. The number of likely N-dealkylation sites (tertiary alicyclic amines) is 1. The maximum absolute atomic E-state index is 13.0. The molecule has 1 saturated heterocycles. The van der Waals surface area contributed by atoms with E-state index in [1.807, 2.05) is 49.5 Å². The first-order valence-corrected chi connectivity index (χ1v) is 10.3. The highest BCUT2D eigenvalue weighted by Gasteiger charge is 2.47. The lowest BCUT2D eigenvalue weighted by Gasteiger charge is -2.46. The molecule has 4 rings (SSSR count). The smallest absolute Gasteiger partial charge is 0.253 e. The van der Waals surface area contributed by atoms with Crippen molar-refractivity contribution in [2.45, 2.75) is 51.5 Å². The van der Waals surface area contributed by atoms with E-state index in [1.165, 1.54) is 0 Å². The van der Waals surface area contributed by atoms with Crippen molar-refractivity contribution in [2.24, 2.45) is 0 Å². The van der Waals surface area contributed by atoms with Gasteiger partial charge < -0.3 is 14.2 Å². The third-order valence-corrected chi connectivity index (χ3v) is 5.98. The van der Waals surface area contributed by atoms with Gasteiger partial charge in [0.2, 0.25) is 0 Å². The summed E-state index contributed by atoms with van der Waals surface area (Å²) in [7, 11) is 0. The van der Waals surface area contributed by atoms with E-state index < -0.39 is 11.7 Å². The molecule has 4 heterocycles. The van der Waals surface area contributed by atoms with Crippen LogP contribution in [-0.4, -0.2) is 62.5 Å². The van der Waals surface area contributed by atoms with Gasteiger partial charge in [0.05, 0.1) is 12.2 Å². The summed E-state index contributed by atoms with van der Waals surface area (Å²) in [5.74, 6) is 1.05. The number of fused-ring (bicyclic) bond motifs is 2. The summed E-state index contributed by atoms with van der Waals surface area (Å²) >= 11 is 0. The van der Waals surface area contributed by atoms with E-state index in [4.69, 9.17) is 4.74 Å². The van der Waals surface area contributed by atoms with Crippen LogP contribution in [0.2, 0.25) is 0 Å². The lowest BCUT2D eigenvalue weighted by Crippen LogP contribution is -2.54. The first kappa shape index (κ1) is 19.1. The summed E-state index contributed by atoms with van der Waals surface area (Å²) in [4.78, 5) is 26.3. The minimum Gasteiger partial charge on any atom is -0.352 e. The molecule has 0 aromatic carbocycles. The molecule has 7 nitrogen and oxygen atoms in total. The van der Waals surface area contributed by atoms with Crippen molar-refractivity contribution in [3.05, 3.63) is 48.3 Å². The molecule has 2 aromatic rings. The van der Waals surface area contributed by atoms with Crippen LogP contribution in [0.1, 0.15) is 38.2 Å². The van der Waals surface area contributed by atoms with Gasteiger partial charge in [0.1, 0.15) is 11.4 Å². The molecular formula is C21H29N5O2. The van der Waals surface area contributed by atoms with Crippen molar-refractivity contribution in [3.8, 4) is 0 Å². The van der Waals surface area contributed by atoms with Gasteiger partial charge in [0.15, 0.2) is 6.10 Å². The zero-order valence-electron chi connectivity index (χ0n) is 16.8. The Bertz CT molecular complexity index is 794. The normalized spacial score (nSPS) is 21.4. The van der Waals surface area contributed by atoms with Gasteiger partial charge in [-0.2, -0.15) is 0 Å². The molecule has 150 valence electrons. The average molecular weight is 383 g/mol. The summed E-state index contributed by atoms with van der Waals surface area (Å²) in [6.45, 7) is 8.62. The molecule has 1 spiro atoms. The van der Waals surface area contributed by atoms with Gasteiger partial charge in [-0.05, 0) is 38.8 Å². The largest absolute Gasteiger partial charge is 0.352 e. The number of ether oxygens (including phenoxy) is 1. The minimum absolute atomic E-state index is 0.0830. The van der Waals surface area contributed by atoms with Gasteiger partial charge >= 0.3 is 0 Å². The number of nitrogens with zero attached hydrogens (tertiary/aromatic N) is 5. The van der Waals surface area contributed by atoms with Crippen molar-refractivity contribution in [1.29, 1.82) is 0 Å². The van der Waals surface area contributed by atoms with E-state index >= 15 is 0 Å². The molecule has 0 saturated carbocycles. The van der Waals surface area contributed by atoms with Gasteiger partial charge in [-0.3, -0.25) is 14.7 Å². The van der Waals surface area contributed by atoms with E-state index in [9.17, 15) is 4.79 Å². The molecule has 28 heavy (non-hydrogen) atoms. The maximum Gasteiger partial charge on any atom is 0.253 e. The highest BCUT2D eigenvalue weighted by molar-refractivity contribution is 5.81. The lowest BCUT2D eigenvalue weighted by atomic mass is 9.88. The van der Waals surface area contributed by atoms with Gasteiger partial charge in [-0.15, -0.1) is 0 Å². The van der Waals surface area contributed by atoms with Crippen LogP contribution < -0.4 is 0 Å². The van der Waals surface area contributed by atoms with Crippen LogP contribution in [-0.2, 0) is 28.2 Å². The average Bonchev–Trinajstić information content (AvgIpc) is 3.21. The second-order valence-electron chi connectivity index (χ2n) is 7.61. The predicted octanol–water partition coefficient (Wildman–Crippen LogP) is 2.04. The Hall–Kier alpha value is -2.25. The number of hydrogen-bond acceptors (Lipinski definition) is 5. The van der Waals surface area contributed by atoms with Crippen molar-refractivity contribution >= 4 is 5.91 Å². The van der Waals surface area contributed by atoms with E-state index in [-0.39, 0.29) is 5.91 Å².